The molecule has 1 aromatic carbocycles. The average molecular weight is 370 g/mol. The molecular formula is C20H19FN2O4. The molecule has 0 fully saturated rings. The number of aromatic amines is 1. The first-order valence-electron chi connectivity index (χ1n) is 8.83. The molecule has 1 aliphatic carbocycles. The van der Waals surface area contributed by atoms with Gasteiger partial charge >= 0.3 is 0 Å². The summed E-state index contributed by atoms with van der Waals surface area (Å²) in [6, 6.07) is 5.76. The third-order valence-electron chi connectivity index (χ3n) is 4.79. The molecule has 7 heteroatoms. The Balaban J connectivity index is 1.48. The Morgan fingerprint density at radius 1 is 1.41 bits per heavy atom. The number of halogens is 1. The van der Waals surface area contributed by atoms with Crippen molar-refractivity contribution in [3.05, 3.63) is 63.6 Å². The summed E-state index contributed by atoms with van der Waals surface area (Å²) in [4.78, 5) is 27.4. The van der Waals surface area contributed by atoms with Crippen LogP contribution in [0.5, 0.6) is 5.75 Å². The van der Waals surface area contributed by atoms with E-state index in [2.05, 4.69) is 10.3 Å². The standard InChI is InChI=1S/C20H19FN2O4/c1-11-7-17(24)18(9-26-11)27-10-19(25)22-16-4-2-3-13-14-8-12(21)5-6-15(14)23-20(13)16/h5-9,16,23H,2-4,10H2,1H3,(H,22,25). The Hall–Kier alpha value is -3.09. The molecule has 1 amide bonds. The third-order valence-corrected chi connectivity index (χ3v) is 4.79. The molecule has 1 atom stereocenters. The number of rotatable bonds is 4. The second-order valence-electron chi connectivity index (χ2n) is 6.73. The fourth-order valence-corrected chi connectivity index (χ4v) is 3.56. The van der Waals surface area contributed by atoms with Crippen molar-refractivity contribution in [3.63, 3.8) is 0 Å². The van der Waals surface area contributed by atoms with Crippen LogP contribution in [0.15, 0.2) is 39.7 Å². The first-order valence-corrected chi connectivity index (χ1v) is 8.83. The molecule has 1 aliphatic rings. The van der Waals surface area contributed by atoms with Gasteiger partial charge in [0.15, 0.2) is 6.61 Å². The summed E-state index contributed by atoms with van der Waals surface area (Å²) >= 11 is 0. The first kappa shape index (κ1) is 17.3. The van der Waals surface area contributed by atoms with Gasteiger partial charge in [-0.05, 0) is 49.9 Å². The van der Waals surface area contributed by atoms with Crippen LogP contribution >= 0.6 is 0 Å². The highest BCUT2D eigenvalue weighted by Gasteiger charge is 2.26. The van der Waals surface area contributed by atoms with Crippen molar-refractivity contribution in [1.29, 1.82) is 0 Å². The van der Waals surface area contributed by atoms with Crippen LogP contribution in [0.25, 0.3) is 10.9 Å². The second-order valence-corrected chi connectivity index (χ2v) is 6.73. The summed E-state index contributed by atoms with van der Waals surface area (Å²) in [6.45, 7) is 1.37. The molecular weight excluding hydrogens is 351 g/mol. The Morgan fingerprint density at radius 2 is 2.26 bits per heavy atom. The van der Waals surface area contributed by atoms with Crippen molar-refractivity contribution in [2.24, 2.45) is 0 Å². The Kier molecular flexibility index (Phi) is 4.43. The summed E-state index contributed by atoms with van der Waals surface area (Å²) in [5.41, 5.74) is 2.48. The van der Waals surface area contributed by atoms with Crippen molar-refractivity contribution in [2.75, 3.05) is 6.61 Å². The molecule has 0 saturated carbocycles. The van der Waals surface area contributed by atoms with E-state index in [1.807, 2.05) is 0 Å². The summed E-state index contributed by atoms with van der Waals surface area (Å²) < 4.78 is 24.0. The molecule has 0 bridgehead atoms. The van der Waals surface area contributed by atoms with Crippen LogP contribution in [0.3, 0.4) is 0 Å². The predicted molar refractivity (Wildman–Crippen MR) is 97.3 cm³/mol. The van der Waals surface area contributed by atoms with Gasteiger partial charge in [-0.1, -0.05) is 0 Å². The largest absolute Gasteiger partial charge is 0.477 e. The number of carbonyl (C=O) groups is 1. The van der Waals surface area contributed by atoms with Crippen molar-refractivity contribution in [3.8, 4) is 5.75 Å². The van der Waals surface area contributed by atoms with E-state index in [1.54, 1.807) is 13.0 Å². The topological polar surface area (TPSA) is 84.3 Å². The number of aromatic nitrogens is 1. The number of fused-ring (bicyclic) bond motifs is 3. The molecule has 0 saturated heterocycles. The lowest BCUT2D eigenvalue weighted by Gasteiger charge is -2.23. The van der Waals surface area contributed by atoms with Gasteiger partial charge in [-0.25, -0.2) is 4.39 Å². The number of ether oxygens (including phenoxy) is 1. The first-order chi connectivity index (χ1) is 13.0. The maximum absolute atomic E-state index is 13.6. The van der Waals surface area contributed by atoms with Gasteiger partial charge in [0.05, 0.1) is 6.04 Å². The number of hydrogen-bond acceptors (Lipinski definition) is 4. The van der Waals surface area contributed by atoms with Crippen LogP contribution in [-0.4, -0.2) is 17.5 Å². The number of hydrogen-bond donors (Lipinski definition) is 2. The highest BCUT2D eigenvalue weighted by atomic mass is 19.1. The zero-order valence-electron chi connectivity index (χ0n) is 14.8. The van der Waals surface area contributed by atoms with Crippen LogP contribution in [0.4, 0.5) is 4.39 Å². The van der Waals surface area contributed by atoms with E-state index >= 15 is 0 Å². The van der Waals surface area contributed by atoms with Crippen LogP contribution in [-0.2, 0) is 11.2 Å². The fourth-order valence-electron chi connectivity index (χ4n) is 3.56. The van der Waals surface area contributed by atoms with Gasteiger partial charge in [0.25, 0.3) is 5.91 Å². The normalized spacial score (nSPS) is 16.1. The molecule has 0 radical (unpaired) electrons. The van der Waals surface area contributed by atoms with Gasteiger partial charge in [-0.2, -0.15) is 0 Å². The average Bonchev–Trinajstić information content (AvgIpc) is 3.00. The fraction of sp³-hybridized carbons (Fsp3) is 0.300. The Bertz CT molecular complexity index is 1070. The maximum atomic E-state index is 13.6. The third kappa shape index (κ3) is 3.45. The molecule has 2 N–H and O–H groups in total. The van der Waals surface area contributed by atoms with Gasteiger partial charge in [-0.3, -0.25) is 9.59 Å². The summed E-state index contributed by atoms with van der Waals surface area (Å²) in [7, 11) is 0. The van der Waals surface area contributed by atoms with Crippen molar-refractivity contribution >= 4 is 16.8 Å². The minimum Gasteiger partial charge on any atom is -0.477 e. The van der Waals surface area contributed by atoms with Crippen LogP contribution < -0.4 is 15.5 Å². The smallest absolute Gasteiger partial charge is 0.258 e. The van der Waals surface area contributed by atoms with E-state index in [0.29, 0.717) is 5.76 Å². The molecule has 6 nitrogen and oxygen atoms in total. The van der Waals surface area contributed by atoms with Crippen molar-refractivity contribution in [1.82, 2.24) is 10.3 Å². The van der Waals surface area contributed by atoms with E-state index in [9.17, 15) is 14.0 Å². The minimum absolute atomic E-state index is 0.00108. The quantitative estimate of drug-likeness (QED) is 0.739. The van der Waals surface area contributed by atoms with Crippen molar-refractivity contribution in [2.45, 2.75) is 32.2 Å². The summed E-state index contributed by atoms with van der Waals surface area (Å²) in [5.74, 6) is -0.138. The molecule has 140 valence electrons. The lowest BCUT2D eigenvalue weighted by Crippen LogP contribution is -2.34. The van der Waals surface area contributed by atoms with E-state index in [1.165, 1.54) is 24.5 Å². The molecule has 2 aromatic heterocycles. The van der Waals surface area contributed by atoms with E-state index in [0.717, 1.165) is 41.4 Å². The molecule has 27 heavy (non-hydrogen) atoms. The number of amides is 1. The molecule has 0 spiro atoms. The molecule has 4 rings (SSSR count). The van der Waals surface area contributed by atoms with E-state index < -0.39 is 0 Å². The number of H-pyrrole nitrogens is 1. The number of carbonyl (C=O) groups excluding carboxylic acids is 1. The minimum atomic E-state index is -0.335. The summed E-state index contributed by atoms with van der Waals surface area (Å²) in [5, 5.41) is 3.79. The number of nitrogens with one attached hydrogen (secondary N) is 2. The van der Waals surface area contributed by atoms with Gasteiger partial charge < -0.3 is 19.5 Å². The SMILES string of the molecule is Cc1cc(=O)c(OCC(=O)NC2CCCc3c2[nH]c2ccc(F)cc32)co1. The molecule has 1 unspecified atom stereocenters. The lowest BCUT2D eigenvalue weighted by atomic mass is 9.91. The highest BCUT2D eigenvalue weighted by molar-refractivity contribution is 5.86. The van der Waals surface area contributed by atoms with Crippen LogP contribution in [0, 0.1) is 12.7 Å². The molecule has 0 aliphatic heterocycles. The summed E-state index contributed by atoms with van der Waals surface area (Å²) in [6.07, 6.45) is 3.71. The van der Waals surface area contributed by atoms with Gasteiger partial charge in [0.1, 0.15) is 17.8 Å². The number of benzene rings is 1. The Morgan fingerprint density at radius 3 is 3.07 bits per heavy atom. The monoisotopic (exact) mass is 370 g/mol. The van der Waals surface area contributed by atoms with Gasteiger partial charge in [-0.15, -0.1) is 0 Å². The van der Waals surface area contributed by atoms with E-state index in [-0.39, 0.29) is 35.6 Å². The van der Waals surface area contributed by atoms with Gasteiger partial charge in [0, 0.05) is 22.7 Å². The zero-order valence-corrected chi connectivity index (χ0v) is 14.8. The Labute approximate surface area is 154 Å². The molecule has 3 aromatic rings. The predicted octanol–water partition coefficient (Wildman–Crippen LogP) is 3.14. The molecule has 2 heterocycles. The zero-order chi connectivity index (χ0) is 19.0. The van der Waals surface area contributed by atoms with Crippen LogP contribution in [0.2, 0.25) is 0 Å². The van der Waals surface area contributed by atoms with E-state index in [4.69, 9.17) is 9.15 Å². The highest BCUT2D eigenvalue weighted by Crippen LogP contribution is 2.34. The lowest BCUT2D eigenvalue weighted by molar-refractivity contribution is -0.124. The maximum Gasteiger partial charge on any atom is 0.258 e. The number of aryl methyl sites for hydroxylation is 2. The van der Waals surface area contributed by atoms with Gasteiger partial charge in [0.2, 0.25) is 11.2 Å². The van der Waals surface area contributed by atoms with Crippen molar-refractivity contribution < 1.29 is 18.3 Å². The second kappa shape index (κ2) is 6.90. The van der Waals surface area contributed by atoms with Crippen LogP contribution in [0.1, 0.15) is 35.9 Å².